The van der Waals surface area contributed by atoms with Gasteiger partial charge in [0, 0.05) is 11.1 Å². The van der Waals surface area contributed by atoms with Gasteiger partial charge in [-0.3, -0.25) is 4.79 Å². The van der Waals surface area contributed by atoms with Crippen molar-refractivity contribution >= 4 is 28.5 Å². The molecule has 1 heterocycles. The van der Waals surface area contributed by atoms with Crippen LogP contribution < -0.4 is 10.2 Å². The fourth-order valence-corrected chi connectivity index (χ4v) is 3.39. The van der Waals surface area contributed by atoms with Crippen LogP contribution >= 0.6 is 11.6 Å². The fraction of sp³-hybridized carbons (Fsp3) is 0.0833. The molecular weight excluding hydrogens is 388 g/mol. The summed E-state index contributed by atoms with van der Waals surface area (Å²) < 4.78 is 11.4. The number of esters is 1. The zero-order chi connectivity index (χ0) is 20.5. The Morgan fingerprint density at radius 2 is 1.69 bits per heavy atom. The van der Waals surface area contributed by atoms with Crippen LogP contribution in [0.25, 0.3) is 22.1 Å². The lowest BCUT2D eigenvalue weighted by Gasteiger charge is -2.09. The molecule has 0 saturated heterocycles. The number of carbonyl (C=O) groups excluding carboxylic acids is 1. The van der Waals surface area contributed by atoms with Crippen molar-refractivity contribution in [1.29, 1.82) is 0 Å². The fourth-order valence-electron chi connectivity index (χ4n) is 3.26. The normalized spacial score (nSPS) is 10.9. The number of carbonyl (C=O) groups is 1. The topological polar surface area (TPSA) is 56.5 Å². The third-order valence-corrected chi connectivity index (χ3v) is 5.00. The van der Waals surface area contributed by atoms with Gasteiger partial charge >= 0.3 is 5.97 Å². The maximum Gasteiger partial charge on any atom is 0.343 e. The average Bonchev–Trinajstić information content (AvgIpc) is 2.69. The first-order valence-corrected chi connectivity index (χ1v) is 9.43. The van der Waals surface area contributed by atoms with Crippen molar-refractivity contribution < 1.29 is 13.9 Å². The number of aryl methyl sites for hydroxylation is 2. The van der Waals surface area contributed by atoms with Crippen LogP contribution in [-0.4, -0.2) is 5.97 Å². The van der Waals surface area contributed by atoms with E-state index in [-0.39, 0.29) is 5.43 Å². The SMILES string of the molecule is Cc1ccccc1C(=O)Oc1ccc2c(=O)c(-c3ccc(Cl)cc3)c(C)oc2c1. The number of halogens is 1. The monoisotopic (exact) mass is 404 g/mol. The van der Waals surface area contributed by atoms with Crippen LogP contribution in [0.1, 0.15) is 21.7 Å². The van der Waals surface area contributed by atoms with Crippen molar-refractivity contribution in [1.82, 2.24) is 0 Å². The van der Waals surface area contributed by atoms with Crippen LogP contribution in [0, 0.1) is 13.8 Å². The first-order valence-electron chi connectivity index (χ1n) is 9.05. The van der Waals surface area contributed by atoms with Gasteiger partial charge in [-0.2, -0.15) is 0 Å². The lowest BCUT2D eigenvalue weighted by atomic mass is 10.0. The van der Waals surface area contributed by atoms with Gasteiger partial charge in [0.15, 0.2) is 0 Å². The molecule has 0 N–H and O–H groups in total. The maximum absolute atomic E-state index is 13.0. The average molecular weight is 405 g/mol. The van der Waals surface area contributed by atoms with Crippen molar-refractivity contribution in [3.63, 3.8) is 0 Å². The molecule has 0 aliphatic carbocycles. The van der Waals surface area contributed by atoms with Crippen molar-refractivity contribution in [2.75, 3.05) is 0 Å². The van der Waals surface area contributed by atoms with Crippen LogP contribution in [0.5, 0.6) is 5.75 Å². The van der Waals surface area contributed by atoms with Gasteiger partial charge in [0.2, 0.25) is 5.43 Å². The molecule has 0 aliphatic rings. The molecule has 0 unspecified atom stereocenters. The van der Waals surface area contributed by atoms with Crippen LogP contribution in [0.3, 0.4) is 0 Å². The largest absolute Gasteiger partial charge is 0.460 e. The van der Waals surface area contributed by atoms with E-state index in [4.69, 9.17) is 20.8 Å². The summed E-state index contributed by atoms with van der Waals surface area (Å²) in [5.74, 6) is 0.332. The van der Waals surface area contributed by atoms with Crippen molar-refractivity contribution in [2.45, 2.75) is 13.8 Å². The summed E-state index contributed by atoms with van der Waals surface area (Å²) in [5.41, 5.74) is 2.75. The molecule has 29 heavy (non-hydrogen) atoms. The Balaban J connectivity index is 1.73. The van der Waals surface area contributed by atoms with Crippen LogP contribution in [-0.2, 0) is 0 Å². The number of ether oxygens (including phenoxy) is 1. The Bertz CT molecular complexity index is 1290. The summed E-state index contributed by atoms with van der Waals surface area (Å²) in [6.07, 6.45) is 0. The van der Waals surface area contributed by atoms with Gasteiger partial charge in [0.25, 0.3) is 0 Å². The molecule has 0 aliphatic heterocycles. The molecule has 1 aromatic heterocycles. The molecule has 0 spiro atoms. The minimum atomic E-state index is -0.459. The minimum Gasteiger partial charge on any atom is -0.460 e. The van der Waals surface area contributed by atoms with E-state index in [9.17, 15) is 9.59 Å². The van der Waals surface area contributed by atoms with E-state index in [1.165, 1.54) is 0 Å². The lowest BCUT2D eigenvalue weighted by molar-refractivity contribution is 0.0734. The highest BCUT2D eigenvalue weighted by molar-refractivity contribution is 6.30. The van der Waals surface area contributed by atoms with E-state index in [0.717, 1.165) is 11.1 Å². The highest BCUT2D eigenvalue weighted by atomic mass is 35.5. The molecule has 0 amide bonds. The Labute approximate surface area is 172 Å². The van der Waals surface area contributed by atoms with Gasteiger partial charge in [-0.05, 0) is 55.3 Å². The standard InChI is InChI=1S/C24H17ClO4/c1-14-5-3-4-6-19(14)24(27)29-18-11-12-20-21(13-18)28-15(2)22(23(20)26)16-7-9-17(25)10-8-16/h3-13H,1-2H3. The van der Waals surface area contributed by atoms with Crippen LogP contribution in [0.15, 0.2) is 75.9 Å². The molecule has 4 aromatic rings. The van der Waals surface area contributed by atoms with E-state index < -0.39 is 5.97 Å². The number of hydrogen-bond acceptors (Lipinski definition) is 4. The van der Waals surface area contributed by atoms with Crippen molar-refractivity contribution in [2.24, 2.45) is 0 Å². The van der Waals surface area contributed by atoms with Crippen LogP contribution in [0.2, 0.25) is 5.02 Å². The summed E-state index contributed by atoms with van der Waals surface area (Å²) in [6, 6.07) is 19.0. The summed E-state index contributed by atoms with van der Waals surface area (Å²) in [4.78, 5) is 25.5. The van der Waals surface area contributed by atoms with E-state index in [0.29, 0.717) is 38.6 Å². The Hall–Kier alpha value is -3.37. The summed E-state index contributed by atoms with van der Waals surface area (Å²) >= 11 is 5.94. The lowest BCUT2D eigenvalue weighted by Crippen LogP contribution is -2.11. The third-order valence-electron chi connectivity index (χ3n) is 4.75. The molecule has 0 bridgehead atoms. The van der Waals surface area contributed by atoms with Gasteiger partial charge in [-0.15, -0.1) is 0 Å². The van der Waals surface area contributed by atoms with Gasteiger partial charge < -0.3 is 9.15 Å². The molecular formula is C24H17ClO4. The number of benzene rings is 3. The second-order valence-electron chi connectivity index (χ2n) is 6.73. The quantitative estimate of drug-likeness (QED) is 0.313. The van der Waals surface area contributed by atoms with E-state index in [1.54, 1.807) is 61.5 Å². The first kappa shape index (κ1) is 19.0. The molecule has 3 aromatic carbocycles. The molecule has 0 radical (unpaired) electrons. The highest BCUT2D eigenvalue weighted by Crippen LogP contribution is 2.27. The summed E-state index contributed by atoms with van der Waals surface area (Å²) in [7, 11) is 0. The predicted octanol–water partition coefficient (Wildman–Crippen LogP) is 5.95. The molecule has 4 rings (SSSR count). The number of hydrogen-bond donors (Lipinski definition) is 0. The van der Waals surface area contributed by atoms with E-state index >= 15 is 0 Å². The number of fused-ring (bicyclic) bond motifs is 1. The Morgan fingerprint density at radius 1 is 0.966 bits per heavy atom. The van der Waals surface area contributed by atoms with Crippen molar-refractivity contribution in [3.8, 4) is 16.9 Å². The third kappa shape index (κ3) is 3.67. The molecule has 144 valence electrons. The van der Waals surface area contributed by atoms with Gasteiger partial charge in [0.1, 0.15) is 17.1 Å². The Kier molecular flexibility index (Phi) is 4.95. The van der Waals surface area contributed by atoms with Gasteiger partial charge in [0.05, 0.1) is 16.5 Å². The smallest absolute Gasteiger partial charge is 0.343 e. The molecule has 0 atom stereocenters. The maximum atomic E-state index is 13.0. The highest BCUT2D eigenvalue weighted by Gasteiger charge is 2.16. The second kappa shape index (κ2) is 7.57. The second-order valence-corrected chi connectivity index (χ2v) is 7.17. The van der Waals surface area contributed by atoms with E-state index in [1.807, 2.05) is 19.1 Å². The first-order chi connectivity index (χ1) is 13.9. The van der Waals surface area contributed by atoms with E-state index in [2.05, 4.69) is 0 Å². The summed E-state index contributed by atoms with van der Waals surface area (Å²) in [5, 5.41) is 1.01. The molecule has 0 fully saturated rings. The molecule has 5 heteroatoms. The van der Waals surface area contributed by atoms with Gasteiger partial charge in [-0.25, -0.2) is 4.79 Å². The summed E-state index contributed by atoms with van der Waals surface area (Å²) in [6.45, 7) is 3.58. The van der Waals surface area contributed by atoms with Crippen molar-refractivity contribution in [3.05, 3.63) is 98.9 Å². The van der Waals surface area contributed by atoms with Gasteiger partial charge in [-0.1, -0.05) is 41.9 Å². The zero-order valence-electron chi connectivity index (χ0n) is 15.9. The zero-order valence-corrected chi connectivity index (χ0v) is 16.6. The predicted molar refractivity (Wildman–Crippen MR) is 114 cm³/mol. The Morgan fingerprint density at radius 3 is 2.41 bits per heavy atom. The van der Waals surface area contributed by atoms with Crippen LogP contribution in [0.4, 0.5) is 0 Å². The minimum absolute atomic E-state index is 0.150. The number of rotatable bonds is 3. The molecule has 4 nitrogen and oxygen atoms in total. The molecule has 0 saturated carbocycles.